The second-order valence-corrected chi connectivity index (χ2v) is 5.50. The maximum Gasteiger partial charge on any atom is 0.137 e. The summed E-state index contributed by atoms with van der Waals surface area (Å²) in [4.78, 5) is 0. The SMILES string of the molecule is COc1ccc(NCCNc2cccc(Cl)c2Cl)cc1Cl. The van der Waals surface area contributed by atoms with Crippen molar-refractivity contribution in [1.29, 1.82) is 0 Å². The fourth-order valence-electron chi connectivity index (χ4n) is 1.82. The van der Waals surface area contributed by atoms with Gasteiger partial charge in [-0.1, -0.05) is 40.9 Å². The number of hydrogen-bond acceptors (Lipinski definition) is 3. The van der Waals surface area contributed by atoms with E-state index in [1.807, 2.05) is 30.3 Å². The summed E-state index contributed by atoms with van der Waals surface area (Å²) in [7, 11) is 1.59. The lowest BCUT2D eigenvalue weighted by Crippen LogP contribution is -2.13. The first-order valence-electron chi connectivity index (χ1n) is 6.37. The molecule has 112 valence electrons. The Labute approximate surface area is 139 Å². The molecule has 0 fully saturated rings. The van der Waals surface area contributed by atoms with Crippen LogP contribution in [0.3, 0.4) is 0 Å². The molecule has 2 aromatic rings. The van der Waals surface area contributed by atoms with Crippen LogP contribution in [-0.4, -0.2) is 20.2 Å². The molecule has 2 aromatic carbocycles. The Morgan fingerprint density at radius 1 is 0.952 bits per heavy atom. The van der Waals surface area contributed by atoms with E-state index < -0.39 is 0 Å². The Kier molecular flexibility index (Phi) is 5.85. The molecule has 0 aliphatic carbocycles. The normalized spacial score (nSPS) is 10.3. The van der Waals surface area contributed by atoms with Gasteiger partial charge >= 0.3 is 0 Å². The lowest BCUT2D eigenvalue weighted by molar-refractivity contribution is 0.415. The van der Waals surface area contributed by atoms with Crippen molar-refractivity contribution in [3.63, 3.8) is 0 Å². The molecule has 0 aliphatic heterocycles. The minimum atomic E-state index is 0.534. The highest BCUT2D eigenvalue weighted by Gasteiger charge is 2.04. The molecule has 0 unspecified atom stereocenters. The Morgan fingerprint density at radius 3 is 2.43 bits per heavy atom. The van der Waals surface area contributed by atoms with E-state index in [1.165, 1.54) is 0 Å². The first-order chi connectivity index (χ1) is 10.1. The second kappa shape index (κ2) is 7.64. The van der Waals surface area contributed by atoms with E-state index in [9.17, 15) is 0 Å². The van der Waals surface area contributed by atoms with Crippen LogP contribution in [0.4, 0.5) is 11.4 Å². The zero-order chi connectivity index (χ0) is 15.2. The highest BCUT2D eigenvalue weighted by atomic mass is 35.5. The zero-order valence-electron chi connectivity index (χ0n) is 11.4. The van der Waals surface area contributed by atoms with Crippen LogP contribution in [0.2, 0.25) is 15.1 Å². The Balaban J connectivity index is 1.85. The van der Waals surface area contributed by atoms with Crippen molar-refractivity contribution in [2.75, 3.05) is 30.8 Å². The predicted molar refractivity (Wildman–Crippen MR) is 91.4 cm³/mol. The summed E-state index contributed by atoms with van der Waals surface area (Å²) in [5.41, 5.74) is 1.75. The Bertz CT molecular complexity index is 620. The molecule has 0 bridgehead atoms. The number of ether oxygens (including phenoxy) is 1. The second-order valence-electron chi connectivity index (χ2n) is 4.30. The summed E-state index contributed by atoms with van der Waals surface area (Å²) in [6.07, 6.45) is 0. The van der Waals surface area contributed by atoms with Gasteiger partial charge in [-0.3, -0.25) is 0 Å². The van der Waals surface area contributed by atoms with E-state index in [1.54, 1.807) is 13.2 Å². The highest BCUT2D eigenvalue weighted by Crippen LogP contribution is 2.29. The van der Waals surface area contributed by atoms with Crippen LogP contribution in [0.25, 0.3) is 0 Å². The topological polar surface area (TPSA) is 33.3 Å². The zero-order valence-corrected chi connectivity index (χ0v) is 13.7. The Hall–Kier alpha value is -1.29. The summed E-state index contributed by atoms with van der Waals surface area (Å²) < 4.78 is 5.11. The molecule has 0 aliphatic rings. The third-order valence-electron chi connectivity index (χ3n) is 2.87. The van der Waals surface area contributed by atoms with E-state index in [2.05, 4.69) is 10.6 Å². The monoisotopic (exact) mass is 344 g/mol. The van der Waals surface area contributed by atoms with Crippen LogP contribution in [0.15, 0.2) is 36.4 Å². The lowest BCUT2D eigenvalue weighted by atomic mass is 10.3. The van der Waals surface area contributed by atoms with Crippen LogP contribution in [0.1, 0.15) is 0 Å². The molecule has 0 saturated carbocycles. The molecular weight excluding hydrogens is 331 g/mol. The minimum Gasteiger partial charge on any atom is -0.495 e. The van der Waals surface area contributed by atoms with Crippen LogP contribution < -0.4 is 15.4 Å². The van der Waals surface area contributed by atoms with Gasteiger partial charge in [0, 0.05) is 18.8 Å². The van der Waals surface area contributed by atoms with Crippen molar-refractivity contribution in [2.24, 2.45) is 0 Å². The number of hydrogen-bond donors (Lipinski definition) is 2. The largest absolute Gasteiger partial charge is 0.495 e. The molecule has 3 nitrogen and oxygen atoms in total. The van der Waals surface area contributed by atoms with Crippen molar-refractivity contribution >= 4 is 46.2 Å². The number of anilines is 2. The van der Waals surface area contributed by atoms with Gasteiger partial charge in [-0.15, -0.1) is 0 Å². The summed E-state index contributed by atoms with van der Waals surface area (Å²) >= 11 is 18.1. The number of benzene rings is 2. The third-order valence-corrected chi connectivity index (χ3v) is 3.99. The van der Waals surface area contributed by atoms with Crippen molar-refractivity contribution in [3.05, 3.63) is 51.5 Å². The van der Waals surface area contributed by atoms with Crippen LogP contribution >= 0.6 is 34.8 Å². The van der Waals surface area contributed by atoms with Crippen molar-refractivity contribution in [2.45, 2.75) is 0 Å². The summed E-state index contributed by atoms with van der Waals surface area (Å²) in [6.45, 7) is 1.41. The van der Waals surface area contributed by atoms with Crippen LogP contribution in [-0.2, 0) is 0 Å². The smallest absolute Gasteiger partial charge is 0.137 e. The summed E-state index contributed by atoms with van der Waals surface area (Å²) in [5, 5.41) is 8.14. The fourth-order valence-corrected chi connectivity index (χ4v) is 2.45. The minimum absolute atomic E-state index is 0.534. The molecule has 0 amide bonds. The van der Waals surface area contributed by atoms with Gasteiger partial charge < -0.3 is 15.4 Å². The van der Waals surface area contributed by atoms with E-state index in [4.69, 9.17) is 39.5 Å². The summed E-state index contributed by atoms with van der Waals surface area (Å²) in [6, 6.07) is 11.1. The molecule has 0 atom stereocenters. The standard InChI is InChI=1S/C15H15Cl3N2O/c1-21-14-6-5-10(9-12(14)17)19-7-8-20-13-4-2-3-11(16)15(13)18/h2-6,9,19-20H,7-8H2,1H3. The first kappa shape index (κ1) is 16.1. The average Bonchev–Trinajstić information content (AvgIpc) is 2.48. The van der Waals surface area contributed by atoms with E-state index >= 15 is 0 Å². The van der Waals surface area contributed by atoms with Crippen LogP contribution in [0.5, 0.6) is 5.75 Å². The summed E-state index contributed by atoms with van der Waals surface area (Å²) in [5.74, 6) is 0.658. The lowest BCUT2D eigenvalue weighted by Gasteiger charge is -2.11. The molecule has 2 N–H and O–H groups in total. The number of rotatable bonds is 6. The number of nitrogens with one attached hydrogen (secondary N) is 2. The molecule has 0 spiro atoms. The van der Waals surface area contributed by atoms with Gasteiger partial charge in [-0.2, -0.15) is 0 Å². The van der Waals surface area contributed by atoms with Crippen molar-refractivity contribution < 1.29 is 4.74 Å². The molecule has 21 heavy (non-hydrogen) atoms. The molecule has 0 radical (unpaired) electrons. The van der Waals surface area contributed by atoms with Gasteiger partial charge in [0.15, 0.2) is 0 Å². The molecule has 0 heterocycles. The van der Waals surface area contributed by atoms with E-state index in [-0.39, 0.29) is 0 Å². The molecule has 0 aromatic heterocycles. The number of methoxy groups -OCH3 is 1. The maximum atomic E-state index is 6.10. The van der Waals surface area contributed by atoms with E-state index in [0.29, 0.717) is 33.9 Å². The molecular formula is C15H15Cl3N2O. The molecule has 2 rings (SSSR count). The third kappa shape index (κ3) is 4.34. The average molecular weight is 346 g/mol. The quantitative estimate of drug-likeness (QED) is 0.708. The first-order valence-corrected chi connectivity index (χ1v) is 7.50. The van der Waals surface area contributed by atoms with Gasteiger partial charge in [0.2, 0.25) is 0 Å². The van der Waals surface area contributed by atoms with Gasteiger partial charge in [0.25, 0.3) is 0 Å². The van der Waals surface area contributed by atoms with Crippen molar-refractivity contribution in [3.8, 4) is 5.75 Å². The van der Waals surface area contributed by atoms with Crippen molar-refractivity contribution in [1.82, 2.24) is 0 Å². The number of halogens is 3. The van der Waals surface area contributed by atoms with Crippen LogP contribution in [0, 0.1) is 0 Å². The molecule has 6 heteroatoms. The van der Waals surface area contributed by atoms with Gasteiger partial charge in [-0.25, -0.2) is 0 Å². The maximum absolute atomic E-state index is 6.10. The van der Waals surface area contributed by atoms with E-state index in [0.717, 1.165) is 11.4 Å². The highest BCUT2D eigenvalue weighted by molar-refractivity contribution is 6.43. The van der Waals surface area contributed by atoms with Gasteiger partial charge in [-0.05, 0) is 30.3 Å². The Morgan fingerprint density at radius 2 is 1.71 bits per heavy atom. The van der Waals surface area contributed by atoms with Gasteiger partial charge in [0.1, 0.15) is 5.75 Å². The van der Waals surface area contributed by atoms with Gasteiger partial charge in [0.05, 0.1) is 27.9 Å². The molecule has 0 saturated heterocycles. The predicted octanol–water partition coefficient (Wildman–Crippen LogP) is 5.18. The fraction of sp³-hybridized carbons (Fsp3) is 0.200.